The summed E-state index contributed by atoms with van der Waals surface area (Å²) in [5.74, 6) is 4.04. The molecule has 1 saturated heterocycles. The molecule has 1 saturated carbocycles. The second kappa shape index (κ2) is 10.2. The van der Waals surface area contributed by atoms with Gasteiger partial charge in [-0.25, -0.2) is 0 Å². The van der Waals surface area contributed by atoms with Crippen LogP contribution in [0.4, 0.5) is 0 Å². The third-order valence-electron chi connectivity index (χ3n) is 6.89. The normalized spacial score (nSPS) is 23.3. The van der Waals surface area contributed by atoms with E-state index in [1.165, 1.54) is 7.11 Å². The number of rotatable bonds is 10. The summed E-state index contributed by atoms with van der Waals surface area (Å²) in [6.45, 7) is 9.82. The number of ether oxygens (including phenoxy) is 2. The lowest BCUT2D eigenvalue weighted by Gasteiger charge is -2.47. The minimum atomic E-state index is -0.138. The maximum absolute atomic E-state index is 11.5. The first kappa shape index (κ1) is 23.1. The van der Waals surface area contributed by atoms with Crippen LogP contribution in [-0.4, -0.2) is 32.0 Å². The zero-order valence-corrected chi connectivity index (χ0v) is 18.9. The Morgan fingerprint density at radius 3 is 2.71 bits per heavy atom. The maximum Gasteiger partial charge on any atom is 0.305 e. The van der Waals surface area contributed by atoms with Crippen LogP contribution in [0.5, 0.6) is 0 Å². The lowest BCUT2D eigenvalue weighted by Crippen LogP contribution is -2.40. The SMILES string of the molecule is C#Cc1ccc(C(=C)O/N=C(\C)C2CC(CC)(CCC(=O)OC)C2)cc1CC1COC1. The minimum Gasteiger partial charge on any atom is -0.469 e. The number of carbonyl (C=O) groups is 1. The molecule has 1 aliphatic heterocycles. The van der Waals surface area contributed by atoms with E-state index in [-0.39, 0.29) is 11.4 Å². The van der Waals surface area contributed by atoms with E-state index in [1.807, 2.05) is 19.1 Å². The summed E-state index contributed by atoms with van der Waals surface area (Å²) in [5.41, 5.74) is 4.09. The molecule has 1 aromatic carbocycles. The molecular formula is C26H33NO4. The molecule has 0 atom stereocenters. The van der Waals surface area contributed by atoms with Gasteiger partial charge in [0.05, 0.1) is 26.0 Å². The molecule has 0 aromatic heterocycles. The van der Waals surface area contributed by atoms with Gasteiger partial charge in [-0.15, -0.1) is 6.42 Å². The van der Waals surface area contributed by atoms with Crippen LogP contribution in [0.3, 0.4) is 0 Å². The molecule has 2 fully saturated rings. The molecule has 1 heterocycles. The minimum absolute atomic E-state index is 0.138. The van der Waals surface area contributed by atoms with E-state index in [9.17, 15) is 4.79 Å². The van der Waals surface area contributed by atoms with Crippen molar-refractivity contribution < 1.29 is 19.1 Å². The van der Waals surface area contributed by atoms with Crippen LogP contribution in [0.2, 0.25) is 0 Å². The molecule has 0 spiro atoms. The van der Waals surface area contributed by atoms with Gasteiger partial charge in [0, 0.05) is 29.4 Å². The first-order valence-corrected chi connectivity index (χ1v) is 11.0. The number of hydrogen-bond donors (Lipinski definition) is 0. The van der Waals surface area contributed by atoms with E-state index in [0.29, 0.717) is 24.0 Å². The van der Waals surface area contributed by atoms with Crippen molar-refractivity contribution in [2.75, 3.05) is 20.3 Å². The van der Waals surface area contributed by atoms with Crippen molar-refractivity contribution in [2.45, 2.75) is 52.4 Å². The molecule has 5 nitrogen and oxygen atoms in total. The van der Waals surface area contributed by atoms with Gasteiger partial charge in [-0.05, 0) is 61.8 Å². The van der Waals surface area contributed by atoms with Crippen LogP contribution in [0.1, 0.15) is 62.6 Å². The van der Waals surface area contributed by atoms with Crippen molar-refractivity contribution in [3.8, 4) is 12.3 Å². The van der Waals surface area contributed by atoms with Crippen LogP contribution < -0.4 is 0 Å². The summed E-state index contributed by atoms with van der Waals surface area (Å²) in [6, 6.07) is 5.93. The third kappa shape index (κ3) is 5.57. The molecule has 1 aromatic rings. The second-order valence-electron chi connectivity index (χ2n) is 8.91. The quantitative estimate of drug-likeness (QED) is 0.175. The Labute approximate surface area is 185 Å². The smallest absolute Gasteiger partial charge is 0.305 e. The van der Waals surface area contributed by atoms with Crippen molar-refractivity contribution in [3.63, 3.8) is 0 Å². The maximum atomic E-state index is 11.5. The molecule has 3 rings (SSSR count). The highest BCUT2D eigenvalue weighted by atomic mass is 16.6. The van der Waals surface area contributed by atoms with Crippen LogP contribution >= 0.6 is 0 Å². The fourth-order valence-electron chi connectivity index (χ4n) is 4.46. The summed E-state index contributed by atoms with van der Waals surface area (Å²) >= 11 is 0. The number of benzene rings is 1. The van der Waals surface area contributed by atoms with E-state index >= 15 is 0 Å². The zero-order chi connectivity index (χ0) is 22.4. The lowest BCUT2D eigenvalue weighted by atomic mass is 9.57. The second-order valence-corrected chi connectivity index (χ2v) is 8.91. The van der Waals surface area contributed by atoms with Crippen LogP contribution in [0.25, 0.3) is 5.76 Å². The predicted octanol–water partition coefficient (Wildman–Crippen LogP) is 4.98. The Balaban J connectivity index is 1.56. The Kier molecular flexibility index (Phi) is 7.56. The van der Waals surface area contributed by atoms with Crippen LogP contribution in [0, 0.1) is 29.6 Å². The molecule has 0 N–H and O–H groups in total. The summed E-state index contributed by atoms with van der Waals surface area (Å²) in [6.07, 6.45) is 11.0. The average Bonchev–Trinajstić information content (AvgIpc) is 2.73. The number of esters is 1. The number of oxime groups is 1. The fourth-order valence-corrected chi connectivity index (χ4v) is 4.46. The van der Waals surface area contributed by atoms with Gasteiger partial charge in [0.25, 0.3) is 0 Å². The molecule has 0 radical (unpaired) electrons. The molecule has 5 heteroatoms. The molecule has 0 bridgehead atoms. The van der Waals surface area contributed by atoms with Gasteiger partial charge in [-0.2, -0.15) is 0 Å². The van der Waals surface area contributed by atoms with Gasteiger partial charge < -0.3 is 14.3 Å². The van der Waals surface area contributed by atoms with Gasteiger partial charge in [-0.3, -0.25) is 4.79 Å². The number of nitrogens with zero attached hydrogens (tertiary/aromatic N) is 1. The van der Waals surface area contributed by atoms with E-state index in [4.69, 9.17) is 20.7 Å². The zero-order valence-electron chi connectivity index (χ0n) is 18.9. The summed E-state index contributed by atoms with van der Waals surface area (Å²) in [4.78, 5) is 17.2. The van der Waals surface area contributed by atoms with E-state index in [1.54, 1.807) is 0 Å². The van der Waals surface area contributed by atoms with E-state index in [2.05, 4.69) is 30.6 Å². The summed E-state index contributed by atoms with van der Waals surface area (Å²) in [7, 11) is 1.44. The van der Waals surface area contributed by atoms with Crippen molar-refractivity contribution in [1.29, 1.82) is 0 Å². The summed E-state index contributed by atoms with van der Waals surface area (Å²) < 4.78 is 10.1. The highest BCUT2D eigenvalue weighted by Gasteiger charge is 2.44. The average molecular weight is 424 g/mol. The van der Waals surface area contributed by atoms with E-state index < -0.39 is 0 Å². The highest BCUT2D eigenvalue weighted by Crippen LogP contribution is 2.52. The van der Waals surface area contributed by atoms with Crippen molar-refractivity contribution >= 4 is 17.4 Å². The third-order valence-corrected chi connectivity index (χ3v) is 6.89. The first-order chi connectivity index (χ1) is 14.9. The molecule has 166 valence electrons. The van der Waals surface area contributed by atoms with Crippen molar-refractivity contribution in [3.05, 3.63) is 41.5 Å². The van der Waals surface area contributed by atoms with Gasteiger partial charge in [0.2, 0.25) is 0 Å². The number of terminal acetylenes is 1. The van der Waals surface area contributed by atoms with E-state index in [0.717, 1.165) is 67.7 Å². The number of carbonyl (C=O) groups excluding carboxylic acids is 1. The molecular weight excluding hydrogens is 390 g/mol. The van der Waals surface area contributed by atoms with Gasteiger partial charge in [0.15, 0.2) is 5.76 Å². The molecule has 0 amide bonds. The number of methoxy groups -OCH3 is 1. The van der Waals surface area contributed by atoms with Gasteiger partial charge in [0.1, 0.15) is 0 Å². The highest BCUT2D eigenvalue weighted by molar-refractivity contribution is 5.85. The van der Waals surface area contributed by atoms with Crippen LogP contribution in [0.15, 0.2) is 29.9 Å². The Morgan fingerprint density at radius 2 is 2.13 bits per heavy atom. The molecule has 31 heavy (non-hydrogen) atoms. The van der Waals surface area contributed by atoms with Gasteiger partial charge in [-0.1, -0.05) is 31.0 Å². The van der Waals surface area contributed by atoms with Crippen LogP contribution in [-0.2, 0) is 25.5 Å². The topological polar surface area (TPSA) is 57.1 Å². The largest absolute Gasteiger partial charge is 0.469 e. The Hall–Kier alpha value is -2.58. The van der Waals surface area contributed by atoms with Crippen molar-refractivity contribution in [2.24, 2.45) is 22.4 Å². The summed E-state index contributed by atoms with van der Waals surface area (Å²) in [5, 5.41) is 4.36. The fraction of sp³-hybridized carbons (Fsp3) is 0.538. The predicted molar refractivity (Wildman–Crippen MR) is 122 cm³/mol. The number of hydrogen-bond acceptors (Lipinski definition) is 5. The van der Waals surface area contributed by atoms with Gasteiger partial charge >= 0.3 is 5.97 Å². The standard InChI is InChI=1S/C26H33NO4/c1-6-21-8-9-22(13-23(21)12-20-16-30-17-20)19(4)31-27-18(3)24-14-26(7-2,15-24)11-10-25(28)29-5/h1,8-9,13,20,24H,4,7,10-12,14-17H2,2-3,5H3/b27-18+. The molecule has 1 aliphatic carbocycles. The Bertz CT molecular complexity index is 885. The first-order valence-electron chi connectivity index (χ1n) is 11.0. The Morgan fingerprint density at radius 1 is 1.39 bits per heavy atom. The lowest BCUT2D eigenvalue weighted by molar-refractivity contribution is -0.141. The van der Waals surface area contributed by atoms with Crippen molar-refractivity contribution in [1.82, 2.24) is 0 Å². The molecule has 0 unspecified atom stereocenters. The molecule has 2 aliphatic rings. The monoisotopic (exact) mass is 423 g/mol.